The third kappa shape index (κ3) is 7.80. The molecule has 0 bridgehead atoms. The fourth-order valence-electron chi connectivity index (χ4n) is 3.44. The zero-order valence-electron chi connectivity index (χ0n) is 20.6. The first-order valence-corrected chi connectivity index (χ1v) is 14.6. The second-order valence-electron chi connectivity index (χ2n) is 8.29. The molecule has 1 heterocycles. The third-order valence-electron chi connectivity index (χ3n) is 5.42. The molecule has 4 rings (SSSR count). The van der Waals surface area contributed by atoms with Crippen molar-refractivity contribution >= 4 is 72.9 Å². The summed E-state index contributed by atoms with van der Waals surface area (Å²) in [4.78, 5) is 24.3. The minimum atomic E-state index is -3.94. The highest BCUT2D eigenvalue weighted by atomic mass is 79.9. The van der Waals surface area contributed by atoms with Crippen LogP contribution in [0.15, 0.2) is 104 Å². The summed E-state index contributed by atoms with van der Waals surface area (Å²) >= 11 is 15.2. The van der Waals surface area contributed by atoms with E-state index in [4.69, 9.17) is 27.6 Å². The van der Waals surface area contributed by atoms with Crippen LogP contribution in [0.25, 0.3) is 0 Å². The summed E-state index contributed by atoms with van der Waals surface area (Å²) in [6, 6.07) is 22.7. The van der Waals surface area contributed by atoms with Crippen molar-refractivity contribution in [3.05, 3.63) is 117 Å². The minimum Gasteiger partial charge on any atom is -0.459 e. The number of anilines is 1. The van der Waals surface area contributed by atoms with Gasteiger partial charge in [-0.1, -0.05) is 47.5 Å². The molecule has 13 heteroatoms. The molecule has 0 saturated heterocycles. The fraction of sp³-hybridized carbons (Fsp3) is 0.0741. The standard InChI is InChI=1S/C27H21BrCl2N4O5S/c28-24-3-1-2-4-25(24)32-26(35)27(36)33-31-15-21-11-12-22(39-21)17-34(16-18-5-7-19(29)8-6-18)40(37,38)23-13-9-20(30)10-14-23/h1-15H,16-17H2,(H,32,35)(H,33,36)/b31-15+. The van der Waals surface area contributed by atoms with Crippen LogP contribution in [-0.4, -0.2) is 30.8 Å². The largest absolute Gasteiger partial charge is 0.459 e. The topological polar surface area (TPSA) is 121 Å². The summed E-state index contributed by atoms with van der Waals surface area (Å²) in [5.41, 5.74) is 3.27. The second kappa shape index (κ2) is 13.2. The number of halogens is 3. The van der Waals surface area contributed by atoms with Gasteiger partial charge in [0, 0.05) is 21.1 Å². The maximum Gasteiger partial charge on any atom is 0.329 e. The van der Waals surface area contributed by atoms with Crippen LogP contribution in [0, 0.1) is 0 Å². The van der Waals surface area contributed by atoms with Gasteiger partial charge in [-0.2, -0.15) is 9.41 Å². The zero-order valence-corrected chi connectivity index (χ0v) is 24.5. The average Bonchev–Trinajstić information content (AvgIpc) is 3.38. The Labute approximate surface area is 249 Å². The maximum absolute atomic E-state index is 13.5. The van der Waals surface area contributed by atoms with E-state index in [1.54, 1.807) is 60.7 Å². The molecule has 4 aromatic rings. The van der Waals surface area contributed by atoms with Crippen LogP contribution in [0.3, 0.4) is 0 Å². The monoisotopic (exact) mass is 662 g/mol. The van der Waals surface area contributed by atoms with Gasteiger partial charge in [0.25, 0.3) is 0 Å². The number of sulfonamides is 1. The number of hydrogen-bond acceptors (Lipinski definition) is 6. The number of nitrogens with one attached hydrogen (secondary N) is 2. The van der Waals surface area contributed by atoms with E-state index >= 15 is 0 Å². The van der Waals surface area contributed by atoms with Crippen molar-refractivity contribution in [3.8, 4) is 0 Å². The van der Waals surface area contributed by atoms with E-state index in [-0.39, 0.29) is 23.7 Å². The van der Waals surface area contributed by atoms with E-state index in [0.717, 1.165) is 5.56 Å². The number of hydrogen-bond donors (Lipinski definition) is 2. The number of hydrazone groups is 1. The van der Waals surface area contributed by atoms with Gasteiger partial charge < -0.3 is 9.73 Å². The number of carbonyl (C=O) groups excluding carboxylic acids is 2. The Hall–Kier alpha value is -3.48. The summed E-state index contributed by atoms with van der Waals surface area (Å²) in [5.74, 6) is -1.33. The zero-order chi connectivity index (χ0) is 28.7. The average molecular weight is 664 g/mol. The van der Waals surface area contributed by atoms with Crippen molar-refractivity contribution in [3.63, 3.8) is 0 Å². The van der Waals surface area contributed by atoms with Crippen LogP contribution in [0.4, 0.5) is 5.69 Å². The van der Waals surface area contributed by atoms with Gasteiger partial charge in [0.05, 0.1) is 23.3 Å². The Morgan fingerprint density at radius 1 is 0.875 bits per heavy atom. The molecule has 9 nitrogen and oxygen atoms in total. The Bertz CT molecular complexity index is 1640. The molecule has 0 unspecified atom stereocenters. The summed E-state index contributed by atoms with van der Waals surface area (Å²) in [5, 5.41) is 7.16. The van der Waals surface area contributed by atoms with Crippen LogP contribution in [0.1, 0.15) is 17.1 Å². The van der Waals surface area contributed by atoms with Crippen molar-refractivity contribution in [1.29, 1.82) is 0 Å². The molecule has 2 N–H and O–H groups in total. The highest BCUT2D eigenvalue weighted by molar-refractivity contribution is 9.10. The first-order chi connectivity index (χ1) is 19.1. The Morgan fingerprint density at radius 3 is 2.20 bits per heavy atom. The summed E-state index contributed by atoms with van der Waals surface area (Å²) in [7, 11) is -3.94. The molecule has 0 aliphatic carbocycles. The summed E-state index contributed by atoms with van der Waals surface area (Å²) in [6.07, 6.45) is 1.20. The molecule has 2 amide bonds. The number of benzene rings is 3. The lowest BCUT2D eigenvalue weighted by atomic mass is 10.2. The van der Waals surface area contributed by atoms with Crippen LogP contribution in [0.2, 0.25) is 10.0 Å². The molecule has 0 atom stereocenters. The normalized spacial score (nSPS) is 11.6. The Morgan fingerprint density at radius 2 is 1.52 bits per heavy atom. The Kier molecular flexibility index (Phi) is 9.77. The summed E-state index contributed by atoms with van der Waals surface area (Å²) in [6.45, 7) is -0.0446. The highest BCUT2D eigenvalue weighted by Gasteiger charge is 2.26. The lowest BCUT2D eigenvalue weighted by Crippen LogP contribution is -2.32. The highest BCUT2D eigenvalue weighted by Crippen LogP contribution is 2.24. The lowest BCUT2D eigenvalue weighted by molar-refractivity contribution is -0.136. The predicted molar refractivity (Wildman–Crippen MR) is 157 cm³/mol. The van der Waals surface area contributed by atoms with Crippen molar-refractivity contribution in [1.82, 2.24) is 9.73 Å². The number of rotatable bonds is 9. The quantitative estimate of drug-likeness (QED) is 0.133. The van der Waals surface area contributed by atoms with Crippen LogP contribution in [-0.2, 0) is 32.7 Å². The molecular formula is C27H21BrCl2N4O5S. The van der Waals surface area contributed by atoms with Gasteiger partial charge in [0.2, 0.25) is 10.0 Å². The van der Waals surface area contributed by atoms with E-state index < -0.39 is 21.8 Å². The Balaban J connectivity index is 1.45. The molecule has 0 fully saturated rings. The van der Waals surface area contributed by atoms with E-state index in [1.165, 1.54) is 34.8 Å². The van der Waals surface area contributed by atoms with Crippen molar-refractivity contribution in [2.24, 2.45) is 5.10 Å². The van der Waals surface area contributed by atoms with Crippen LogP contribution >= 0.6 is 39.1 Å². The first kappa shape index (κ1) is 29.5. The first-order valence-electron chi connectivity index (χ1n) is 11.6. The van der Waals surface area contributed by atoms with E-state index in [2.05, 4.69) is 31.8 Å². The van der Waals surface area contributed by atoms with Crippen LogP contribution in [0.5, 0.6) is 0 Å². The SMILES string of the molecule is O=C(N/N=C/c1ccc(CN(Cc2ccc(Cl)cc2)S(=O)(=O)c2ccc(Cl)cc2)o1)C(=O)Nc1ccccc1Br. The van der Waals surface area contributed by atoms with Gasteiger partial charge in [-0.25, -0.2) is 13.8 Å². The van der Waals surface area contributed by atoms with Gasteiger partial charge in [0.15, 0.2) is 0 Å². The van der Waals surface area contributed by atoms with Crippen LogP contribution < -0.4 is 10.7 Å². The third-order valence-corrected chi connectivity index (χ3v) is 8.43. The maximum atomic E-state index is 13.5. The second-order valence-corrected chi connectivity index (χ2v) is 12.0. The molecule has 3 aromatic carbocycles. The van der Waals surface area contributed by atoms with Gasteiger partial charge in [0.1, 0.15) is 11.5 Å². The van der Waals surface area contributed by atoms with Gasteiger partial charge >= 0.3 is 11.8 Å². The molecule has 40 heavy (non-hydrogen) atoms. The van der Waals surface area contributed by atoms with Crippen molar-refractivity contribution < 1.29 is 22.4 Å². The summed E-state index contributed by atoms with van der Waals surface area (Å²) < 4.78 is 34.6. The molecule has 206 valence electrons. The lowest BCUT2D eigenvalue weighted by Gasteiger charge is -2.21. The van der Waals surface area contributed by atoms with Gasteiger partial charge in [-0.05, 0) is 82.2 Å². The number of para-hydroxylation sites is 1. The predicted octanol–water partition coefficient (Wildman–Crippen LogP) is 5.83. The molecule has 0 spiro atoms. The van der Waals surface area contributed by atoms with E-state index in [0.29, 0.717) is 26.0 Å². The van der Waals surface area contributed by atoms with Gasteiger partial charge in [-0.3, -0.25) is 9.59 Å². The van der Waals surface area contributed by atoms with E-state index in [9.17, 15) is 18.0 Å². The molecular weight excluding hydrogens is 643 g/mol. The minimum absolute atomic E-state index is 0.0505. The molecule has 1 aromatic heterocycles. The smallest absolute Gasteiger partial charge is 0.329 e. The van der Waals surface area contributed by atoms with Crippen molar-refractivity contribution in [2.75, 3.05) is 5.32 Å². The fourth-order valence-corrected chi connectivity index (χ4v) is 5.47. The molecule has 0 radical (unpaired) electrons. The van der Waals surface area contributed by atoms with E-state index in [1.807, 2.05) is 0 Å². The number of furan rings is 1. The number of amides is 2. The number of nitrogens with zero attached hydrogens (tertiary/aromatic N) is 2. The molecule has 0 saturated carbocycles. The molecule has 0 aliphatic heterocycles. The molecule has 0 aliphatic rings. The van der Waals surface area contributed by atoms with Gasteiger partial charge in [-0.15, -0.1) is 0 Å². The van der Waals surface area contributed by atoms with Crippen molar-refractivity contribution in [2.45, 2.75) is 18.0 Å². The number of carbonyl (C=O) groups is 2.